The first-order chi connectivity index (χ1) is 7.22. The molecule has 3 nitrogen and oxygen atoms in total. The number of Topliss-reactive ketones (excluding diaryl/α,β-unsaturated/α-hetero) is 1. The normalized spacial score (nSPS) is 9.67. The second-order valence-electron chi connectivity index (χ2n) is 3.27. The summed E-state index contributed by atoms with van der Waals surface area (Å²) in [4.78, 5) is 10.7. The molecule has 0 aliphatic rings. The number of benzene rings is 1. The topological polar surface area (TPSA) is 37.6 Å². The highest BCUT2D eigenvalue weighted by molar-refractivity contribution is 5.75. The molecule has 1 rings (SSSR count). The molecule has 0 atom stereocenters. The van der Waals surface area contributed by atoms with Crippen LogP contribution >= 0.6 is 0 Å². The van der Waals surface area contributed by atoms with Crippen LogP contribution in [-0.4, -0.2) is 19.2 Å². The predicted molar refractivity (Wildman–Crippen MR) is 58.4 cm³/mol. The third-order valence-corrected chi connectivity index (χ3v) is 1.93. The molecule has 1 aromatic rings. The largest absolute Gasteiger partial charge is 0.494 e. The molecule has 0 aromatic heterocycles. The Morgan fingerprint density at radius 1 is 1.40 bits per heavy atom. The minimum absolute atomic E-state index is 0.194. The van der Waals surface area contributed by atoms with Crippen LogP contribution in [0.4, 0.5) is 0 Å². The summed E-state index contributed by atoms with van der Waals surface area (Å²) in [6, 6.07) is 7.20. The molecule has 0 amide bonds. The van der Waals surface area contributed by atoms with E-state index in [2.05, 4.69) is 6.79 Å². The highest BCUT2D eigenvalue weighted by Crippen LogP contribution is 2.17. The fourth-order valence-electron chi connectivity index (χ4n) is 1.14. The van der Waals surface area contributed by atoms with Crippen LogP contribution in [0.1, 0.15) is 19.8 Å². The van der Waals surface area contributed by atoms with Crippen LogP contribution in [0.15, 0.2) is 24.3 Å². The lowest BCUT2D eigenvalue weighted by Gasteiger charge is -2.03. The highest BCUT2D eigenvalue weighted by atomic mass is 16.5. The third kappa shape index (κ3) is 4.40. The maximum atomic E-state index is 10.7. The van der Waals surface area contributed by atoms with Crippen LogP contribution in [0.5, 0.6) is 11.5 Å². The van der Waals surface area contributed by atoms with Crippen molar-refractivity contribution in [2.24, 2.45) is 0 Å². The average molecular weight is 207 g/mol. The van der Waals surface area contributed by atoms with Crippen LogP contribution in [0.3, 0.4) is 0 Å². The van der Waals surface area contributed by atoms with Crippen molar-refractivity contribution in [3.05, 3.63) is 24.3 Å². The molecule has 0 aliphatic carbocycles. The fourth-order valence-corrected chi connectivity index (χ4v) is 1.14. The molecule has 0 bridgehead atoms. The van der Waals surface area contributed by atoms with Crippen LogP contribution in [0.25, 0.3) is 0 Å². The van der Waals surface area contributed by atoms with Crippen LogP contribution < -0.4 is 4.74 Å². The minimum Gasteiger partial charge on any atom is -0.494 e. The predicted octanol–water partition coefficient (Wildman–Crippen LogP) is 2.51. The lowest BCUT2D eigenvalue weighted by atomic mass is 10.2. The fraction of sp³-hybridized carbons (Fsp3) is 0.333. The Bertz CT molecular complexity index is 327. The molecular formula is C12H15O3+. The Hall–Kier alpha value is -1.64. The van der Waals surface area contributed by atoms with E-state index in [1.807, 2.05) is 12.1 Å². The summed E-state index contributed by atoms with van der Waals surface area (Å²) in [6.07, 6.45) is 1.32. The Balaban J connectivity index is 2.31. The minimum atomic E-state index is 0.194. The summed E-state index contributed by atoms with van der Waals surface area (Å²) in [5.41, 5.74) is 0. The number of hydrogen-bond donors (Lipinski definition) is 0. The molecule has 15 heavy (non-hydrogen) atoms. The van der Waals surface area contributed by atoms with E-state index in [-0.39, 0.29) is 5.78 Å². The molecule has 1 aromatic carbocycles. The van der Waals surface area contributed by atoms with Crippen molar-refractivity contribution in [1.29, 1.82) is 0 Å². The number of hydrogen-bond acceptors (Lipinski definition) is 2. The Morgan fingerprint density at radius 3 is 2.60 bits per heavy atom. The van der Waals surface area contributed by atoms with Crippen molar-refractivity contribution in [3.63, 3.8) is 0 Å². The quantitative estimate of drug-likeness (QED) is 0.531. The van der Waals surface area contributed by atoms with E-state index >= 15 is 0 Å². The molecule has 0 unspecified atom stereocenters. The number of ether oxygens (including phenoxy) is 1. The van der Waals surface area contributed by atoms with Gasteiger partial charge in [0, 0.05) is 18.6 Å². The van der Waals surface area contributed by atoms with Gasteiger partial charge in [-0.15, -0.1) is 0 Å². The van der Waals surface area contributed by atoms with Gasteiger partial charge in [0.05, 0.1) is 6.61 Å². The van der Waals surface area contributed by atoms with Gasteiger partial charge in [-0.25, -0.2) is 4.42 Å². The van der Waals surface area contributed by atoms with E-state index in [1.165, 1.54) is 0 Å². The maximum Gasteiger partial charge on any atom is 0.351 e. The molecule has 0 saturated carbocycles. The van der Waals surface area contributed by atoms with Crippen LogP contribution in [-0.2, 0) is 9.22 Å². The Kier molecular flexibility index (Phi) is 4.54. The average Bonchev–Trinajstić information content (AvgIpc) is 2.25. The molecule has 80 valence electrons. The van der Waals surface area contributed by atoms with E-state index in [4.69, 9.17) is 9.16 Å². The molecule has 0 spiro atoms. The van der Waals surface area contributed by atoms with Gasteiger partial charge in [-0.05, 0) is 25.5 Å². The van der Waals surface area contributed by atoms with Crippen molar-refractivity contribution in [2.75, 3.05) is 6.61 Å². The second kappa shape index (κ2) is 5.96. The van der Waals surface area contributed by atoms with Gasteiger partial charge in [-0.1, -0.05) is 0 Å². The molecule has 0 heterocycles. The van der Waals surface area contributed by atoms with E-state index in [0.29, 0.717) is 18.8 Å². The van der Waals surface area contributed by atoms with Crippen LogP contribution in [0, 0.1) is 0 Å². The van der Waals surface area contributed by atoms with Gasteiger partial charge in [-0.3, -0.25) is 0 Å². The third-order valence-electron chi connectivity index (χ3n) is 1.93. The number of ketones is 1. The van der Waals surface area contributed by atoms with Crippen molar-refractivity contribution < 1.29 is 14.0 Å². The van der Waals surface area contributed by atoms with Crippen molar-refractivity contribution in [1.82, 2.24) is 0 Å². The smallest absolute Gasteiger partial charge is 0.351 e. The first kappa shape index (κ1) is 11.4. The number of rotatable bonds is 6. The number of carbonyl (C=O) groups excluding carboxylic acids is 2. The maximum absolute atomic E-state index is 10.7. The first-order valence-corrected chi connectivity index (χ1v) is 4.86. The number of carbonyl (C=O) groups is 1. The van der Waals surface area contributed by atoms with Crippen molar-refractivity contribution in [2.45, 2.75) is 19.8 Å². The van der Waals surface area contributed by atoms with Gasteiger partial charge < -0.3 is 9.53 Å². The first-order valence-electron chi connectivity index (χ1n) is 4.86. The zero-order valence-electron chi connectivity index (χ0n) is 8.86. The lowest BCUT2D eigenvalue weighted by molar-refractivity contribution is -0.354. The van der Waals surface area contributed by atoms with Gasteiger partial charge in [0.1, 0.15) is 11.5 Å². The van der Waals surface area contributed by atoms with Gasteiger partial charge in [0.25, 0.3) is 6.79 Å². The van der Waals surface area contributed by atoms with Gasteiger partial charge in [-0.2, -0.15) is 0 Å². The van der Waals surface area contributed by atoms with Crippen LogP contribution in [0.2, 0.25) is 0 Å². The summed E-state index contributed by atoms with van der Waals surface area (Å²) in [7, 11) is 0. The summed E-state index contributed by atoms with van der Waals surface area (Å²) in [5.74, 6) is 1.67. The van der Waals surface area contributed by atoms with E-state index in [0.717, 1.165) is 12.2 Å². The zero-order chi connectivity index (χ0) is 11.1. The summed E-state index contributed by atoms with van der Waals surface area (Å²) in [5, 5.41) is 0. The molecule has 0 saturated heterocycles. The van der Waals surface area contributed by atoms with Gasteiger partial charge in [0.2, 0.25) is 0 Å². The molecule has 0 aliphatic heterocycles. The lowest BCUT2D eigenvalue weighted by Crippen LogP contribution is -2.00. The Morgan fingerprint density at radius 2 is 2.07 bits per heavy atom. The second-order valence-corrected chi connectivity index (χ2v) is 3.27. The molecule has 0 fully saturated rings. The highest BCUT2D eigenvalue weighted by Gasteiger charge is 2.00. The van der Waals surface area contributed by atoms with Crippen molar-refractivity contribution >= 4 is 12.6 Å². The van der Waals surface area contributed by atoms with E-state index in [9.17, 15) is 4.79 Å². The standard InChI is InChI=1S/C12H15O3/c1-10(13)4-3-9-15-12-7-5-11(14-2)6-8-12/h5-8H,2-4,9H2,1H3/q+1. The summed E-state index contributed by atoms with van der Waals surface area (Å²) in [6.45, 7) is 5.45. The molecule has 0 radical (unpaired) electrons. The Labute approximate surface area is 89.4 Å². The zero-order valence-corrected chi connectivity index (χ0v) is 8.86. The summed E-state index contributed by atoms with van der Waals surface area (Å²) < 4.78 is 10.2. The van der Waals surface area contributed by atoms with Gasteiger partial charge >= 0.3 is 5.75 Å². The molecule has 3 heteroatoms. The van der Waals surface area contributed by atoms with Crippen molar-refractivity contribution in [3.8, 4) is 11.5 Å². The van der Waals surface area contributed by atoms with E-state index in [1.54, 1.807) is 19.1 Å². The molecular weight excluding hydrogens is 192 g/mol. The summed E-state index contributed by atoms with van der Waals surface area (Å²) >= 11 is 0. The van der Waals surface area contributed by atoms with Gasteiger partial charge in [0.15, 0.2) is 0 Å². The SMILES string of the molecule is C=[O+]c1ccc(OCCCC(C)=O)cc1. The monoisotopic (exact) mass is 207 g/mol. The molecule has 0 N–H and O–H groups in total. The van der Waals surface area contributed by atoms with E-state index < -0.39 is 0 Å².